The molecule has 7 heteroatoms. The van der Waals surface area contributed by atoms with E-state index in [4.69, 9.17) is 0 Å². The number of carbonyl (C=O) groups is 1. The van der Waals surface area contributed by atoms with Crippen LogP contribution in [0.15, 0.2) is 48.7 Å². The van der Waals surface area contributed by atoms with E-state index in [1.54, 1.807) is 19.1 Å². The van der Waals surface area contributed by atoms with Crippen molar-refractivity contribution in [2.75, 3.05) is 18.4 Å². The van der Waals surface area contributed by atoms with E-state index in [1.807, 2.05) is 12.3 Å². The predicted octanol–water partition coefficient (Wildman–Crippen LogP) is 5.29. The minimum Gasteiger partial charge on any atom is -0.326 e. The van der Waals surface area contributed by atoms with Gasteiger partial charge in [-0.15, -0.1) is 0 Å². The smallest absolute Gasteiger partial charge is 0.224 e. The molecular weight excluding hydrogens is 410 g/mol. The molecule has 1 aliphatic rings. The predicted molar refractivity (Wildman–Crippen MR) is 121 cm³/mol. The van der Waals surface area contributed by atoms with Crippen LogP contribution in [0.2, 0.25) is 0 Å². The molecule has 0 radical (unpaired) electrons. The Hall–Kier alpha value is -3.06. The minimum absolute atomic E-state index is 0.0416. The minimum atomic E-state index is -0.305. The van der Waals surface area contributed by atoms with Gasteiger partial charge < -0.3 is 5.32 Å². The van der Waals surface area contributed by atoms with Gasteiger partial charge in [0.15, 0.2) is 0 Å². The zero-order valence-corrected chi connectivity index (χ0v) is 18.2. The number of aryl methyl sites for hydroxylation is 1. The van der Waals surface area contributed by atoms with Crippen molar-refractivity contribution in [3.05, 3.63) is 71.4 Å². The summed E-state index contributed by atoms with van der Waals surface area (Å²) in [6, 6.07) is 10.9. The van der Waals surface area contributed by atoms with Gasteiger partial charge in [0.1, 0.15) is 11.6 Å². The maximum Gasteiger partial charge on any atom is 0.224 e. The van der Waals surface area contributed by atoms with Crippen molar-refractivity contribution in [3.63, 3.8) is 0 Å². The number of rotatable bonds is 7. The molecule has 0 bridgehead atoms. The molecule has 1 aromatic heterocycles. The first-order valence-corrected chi connectivity index (χ1v) is 11.0. The van der Waals surface area contributed by atoms with Crippen LogP contribution in [0.4, 0.5) is 14.5 Å². The van der Waals surface area contributed by atoms with E-state index in [1.165, 1.54) is 24.3 Å². The van der Waals surface area contributed by atoms with E-state index in [2.05, 4.69) is 20.4 Å². The fourth-order valence-electron chi connectivity index (χ4n) is 4.41. The van der Waals surface area contributed by atoms with Crippen molar-refractivity contribution >= 4 is 11.6 Å². The van der Waals surface area contributed by atoms with Crippen molar-refractivity contribution in [1.82, 2.24) is 15.1 Å². The van der Waals surface area contributed by atoms with Crippen molar-refractivity contribution in [2.24, 2.45) is 5.92 Å². The summed E-state index contributed by atoms with van der Waals surface area (Å²) in [5.74, 6) is -0.176. The molecule has 0 spiro atoms. The Morgan fingerprint density at radius 3 is 2.88 bits per heavy atom. The van der Waals surface area contributed by atoms with Crippen molar-refractivity contribution in [3.8, 4) is 11.3 Å². The molecule has 2 heterocycles. The van der Waals surface area contributed by atoms with Crippen LogP contribution in [-0.2, 0) is 11.3 Å². The van der Waals surface area contributed by atoms with Gasteiger partial charge in [-0.05, 0) is 74.5 Å². The molecule has 0 aliphatic carbocycles. The van der Waals surface area contributed by atoms with Crippen LogP contribution >= 0.6 is 0 Å². The standard InChI is InChI=1S/C25H28F2N4O/c1-17-12-22(27)8-9-23(17)29-24(32)10-7-18-4-3-11-31(15-18)16-20-14-28-30-25(20)19-5-2-6-21(26)13-19/h2,5-6,8-9,12-14,18H,3-4,7,10-11,15-16H2,1H3,(H,28,30)(H,29,32). The number of benzene rings is 2. The number of halogens is 2. The van der Waals surface area contributed by atoms with Gasteiger partial charge in [0.25, 0.3) is 0 Å². The second kappa shape index (κ2) is 10.0. The molecule has 1 amide bonds. The number of anilines is 1. The zero-order chi connectivity index (χ0) is 22.5. The lowest BCUT2D eigenvalue weighted by Crippen LogP contribution is -2.35. The molecular formula is C25H28F2N4O. The molecule has 2 N–H and O–H groups in total. The van der Waals surface area contributed by atoms with Gasteiger partial charge in [0, 0.05) is 36.3 Å². The fourth-order valence-corrected chi connectivity index (χ4v) is 4.41. The highest BCUT2D eigenvalue weighted by atomic mass is 19.1. The SMILES string of the molecule is Cc1cc(F)ccc1NC(=O)CCC1CCCN(Cc2cn[nH]c2-c2cccc(F)c2)C1. The summed E-state index contributed by atoms with van der Waals surface area (Å²) in [6.07, 6.45) is 5.24. The third-order valence-corrected chi connectivity index (χ3v) is 6.07. The third-order valence-electron chi connectivity index (χ3n) is 6.07. The molecule has 5 nitrogen and oxygen atoms in total. The Bertz CT molecular complexity index is 1080. The van der Waals surface area contributed by atoms with Crippen LogP contribution in [0.1, 0.15) is 36.8 Å². The average Bonchev–Trinajstić information content (AvgIpc) is 3.23. The number of hydrogen-bond donors (Lipinski definition) is 2. The highest BCUT2D eigenvalue weighted by molar-refractivity contribution is 5.91. The molecule has 168 valence electrons. The van der Waals surface area contributed by atoms with E-state index in [9.17, 15) is 13.6 Å². The van der Waals surface area contributed by atoms with Gasteiger partial charge in [0.2, 0.25) is 5.91 Å². The van der Waals surface area contributed by atoms with Crippen LogP contribution in [0.5, 0.6) is 0 Å². The lowest BCUT2D eigenvalue weighted by atomic mass is 9.92. The summed E-state index contributed by atoms with van der Waals surface area (Å²) in [5.41, 5.74) is 4.06. The van der Waals surface area contributed by atoms with E-state index >= 15 is 0 Å². The van der Waals surface area contributed by atoms with Crippen molar-refractivity contribution < 1.29 is 13.6 Å². The average molecular weight is 439 g/mol. The number of H-pyrrole nitrogens is 1. The second-order valence-corrected chi connectivity index (χ2v) is 8.57. The Morgan fingerprint density at radius 2 is 2.06 bits per heavy atom. The van der Waals surface area contributed by atoms with E-state index in [0.717, 1.165) is 61.3 Å². The molecule has 1 atom stereocenters. The number of nitrogens with one attached hydrogen (secondary N) is 2. The maximum absolute atomic E-state index is 13.6. The monoisotopic (exact) mass is 438 g/mol. The first-order chi connectivity index (χ1) is 15.5. The van der Waals surface area contributed by atoms with Gasteiger partial charge in [-0.25, -0.2) is 8.78 Å². The highest BCUT2D eigenvalue weighted by Gasteiger charge is 2.22. The number of carbonyl (C=O) groups excluding carboxylic acids is 1. The quantitative estimate of drug-likeness (QED) is 0.527. The molecule has 4 rings (SSSR count). The lowest BCUT2D eigenvalue weighted by Gasteiger charge is -2.32. The Labute approximate surface area is 186 Å². The summed E-state index contributed by atoms with van der Waals surface area (Å²) >= 11 is 0. The van der Waals surface area contributed by atoms with Crippen molar-refractivity contribution in [1.29, 1.82) is 0 Å². The summed E-state index contributed by atoms with van der Waals surface area (Å²) in [6.45, 7) is 4.42. The number of aromatic nitrogens is 2. The lowest BCUT2D eigenvalue weighted by molar-refractivity contribution is -0.116. The van der Waals surface area contributed by atoms with Gasteiger partial charge in [0.05, 0.1) is 11.9 Å². The zero-order valence-electron chi connectivity index (χ0n) is 18.2. The van der Waals surface area contributed by atoms with Crippen LogP contribution in [0.3, 0.4) is 0 Å². The van der Waals surface area contributed by atoms with Gasteiger partial charge in [-0.2, -0.15) is 5.10 Å². The number of likely N-dealkylation sites (tertiary alicyclic amines) is 1. The first-order valence-electron chi connectivity index (χ1n) is 11.0. The molecule has 2 aromatic carbocycles. The Kier molecular flexibility index (Phi) is 6.95. The summed E-state index contributed by atoms with van der Waals surface area (Å²) in [4.78, 5) is 14.8. The number of piperidine rings is 1. The first kappa shape index (κ1) is 22.1. The van der Waals surface area contributed by atoms with E-state index in [-0.39, 0.29) is 17.5 Å². The molecule has 32 heavy (non-hydrogen) atoms. The number of amides is 1. The summed E-state index contributed by atoms with van der Waals surface area (Å²) < 4.78 is 26.9. The van der Waals surface area contributed by atoms with Gasteiger partial charge in [-0.1, -0.05) is 12.1 Å². The molecule has 1 saturated heterocycles. The van der Waals surface area contributed by atoms with E-state index in [0.29, 0.717) is 18.0 Å². The molecule has 1 unspecified atom stereocenters. The Morgan fingerprint density at radius 1 is 1.22 bits per heavy atom. The van der Waals surface area contributed by atoms with Gasteiger partial charge in [-0.3, -0.25) is 14.8 Å². The fraction of sp³-hybridized carbons (Fsp3) is 0.360. The third kappa shape index (κ3) is 5.59. The van der Waals surface area contributed by atoms with Crippen LogP contribution < -0.4 is 5.32 Å². The van der Waals surface area contributed by atoms with E-state index < -0.39 is 0 Å². The largest absolute Gasteiger partial charge is 0.326 e. The number of nitrogens with zero attached hydrogens (tertiary/aromatic N) is 2. The Balaban J connectivity index is 1.31. The topological polar surface area (TPSA) is 61.0 Å². The normalized spacial score (nSPS) is 16.8. The second-order valence-electron chi connectivity index (χ2n) is 8.57. The molecule has 1 fully saturated rings. The number of hydrogen-bond acceptors (Lipinski definition) is 3. The van der Waals surface area contributed by atoms with Crippen LogP contribution in [0, 0.1) is 24.5 Å². The van der Waals surface area contributed by atoms with Crippen LogP contribution in [-0.4, -0.2) is 34.1 Å². The molecule has 3 aromatic rings. The molecule has 1 aliphatic heterocycles. The summed E-state index contributed by atoms with van der Waals surface area (Å²) in [7, 11) is 0. The van der Waals surface area contributed by atoms with Crippen LogP contribution in [0.25, 0.3) is 11.3 Å². The number of aromatic amines is 1. The maximum atomic E-state index is 13.6. The van der Waals surface area contributed by atoms with Crippen molar-refractivity contribution in [2.45, 2.75) is 39.2 Å². The summed E-state index contributed by atoms with van der Waals surface area (Å²) in [5, 5.41) is 10.1. The molecule has 0 saturated carbocycles. The van der Waals surface area contributed by atoms with Gasteiger partial charge >= 0.3 is 0 Å². The highest BCUT2D eigenvalue weighted by Crippen LogP contribution is 2.27.